The smallest absolute Gasteiger partial charge is 0.167 e. The minimum absolute atomic E-state index is 0.0399. The minimum Gasteiger partial charge on any atom is -0.490 e. The van der Waals surface area contributed by atoms with Gasteiger partial charge in [0.15, 0.2) is 11.6 Å². The van der Waals surface area contributed by atoms with Crippen LogP contribution >= 0.6 is 0 Å². The number of hydrogen-bond acceptors (Lipinski definition) is 2. The lowest BCUT2D eigenvalue weighted by Gasteiger charge is -2.07. The van der Waals surface area contributed by atoms with E-state index in [4.69, 9.17) is 15.9 Å². The first-order chi connectivity index (χ1) is 6.61. The van der Waals surface area contributed by atoms with Gasteiger partial charge >= 0.3 is 0 Å². The summed E-state index contributed by atoms with van der Waals surface area (Å²) in [5.41, 5.74) is 5.68. The SMILES string of the molecule is Cc1cccc(OCCC(=N)N)c1F. The van der Waals surface area contributed by atoms with Crippen LogP contribution in [0.1, 0.15) is 12.0 Å². The molecule has 0 fully saturated rings. The standard InChI is InChI=1S/C10H13FN2O/c1-7-3-2-4-8(10(7)11)14-6-5-9(12)13/h2-4H,5-6H2,1H3,(H3,12,13). The highest BCUT2D eigenvalue weighted by atomic mass is 19.1. The number of nitrogens with two attached hydrogens (primary N) is 1. The Kier molecular flexibility index (Phi) is 3.45. The third-order valence-corrected chi connectivity index (χ3v) is 1.79. The van der Waals surface area contributed by atoms with Crippen molar-refractivity contribution in [1.82, 2.24) is 0 Å². The normalized spacial score (nSPS) is 9.86. The molecule has 1 rings (SSSR count). The number of nitrogens with one attached hydrogen (secondary N) is 1. The molecule has 0 bridgehead atoms. The number of benzene rings is 1. The first-order valence-corrected chi connectivity index (χ1v) is 4.32. The molecule has 1 aromatic rings. The number of rotatable bonds is 4. The van der Waals surface area contributed by atoms with Gasteiger partial charge in [0.05, 0.1) is 12.4 Å². The van der Waals surface area contributed by atoms with Crippen molar-refractivity contribution < 1.29 is 9.13 Å². The number of aryl methyl sites for hydroxylation is 1. The molecule has 4 heteroatoms. The van der Waals surface area contributed by atoms with Crippen LogP contribution in [0.4, 0.5) is 4.39 Å². The third-order valence-electron chi connectivity index (χ3n) is 1.79. The predicted molar refractivity (Wildman–Crippen MR) is 53.2 cm³/mol. The lowest BCUT2D eigenvalue weighted by molar-refractivity contribution is 0.310. The van der Waals surface area contributed by atoms with Crippen LogP contribution in [0.3, 0.4) is 0 Å². The Morgan fingerprint density at radius 3 is 2.93 bits per heavy atom. The van der Waals surface area contributed by atoms with Crippen LogP contribution in [0.15, 0.2) is 18.2 Å². The first kappa shape index (κ1) is 10.5. The van der Waals surface area contributed by atoms with Gasteiger partial charge in [-0.25, -0.2) is 4.39 Å². The molecule has 0 spiro atoms. The fourth-order valence-corrected chi connectivity index (χ4v) is 1.00. The summed E-state index contributed by atoms with van der Waals surface area (Å²) >= 11 is 0. The van der Waals surface area contributed by atoms with E-state index < -0.39 is 0 Å². The molecule has 0 aromatic heterocycles. The van der Waals surface area contributed by atoms with Crippen molar-refractivity contribution in [2.75, 3.05) is 6.61 Å². The summed E-state index contributed by atoms with van der Waals surface area (Å²) in [7, 11) is 0. The van der Waals surface area contributed by atoms with Crippen LogP contribution in [0.2, 0.25) is 0 Å². The fraction of sp³-hybridized carbons (Fsp3) is 0.300. The van der Waals surface area contributed by atoms with Crippen LogP contribution in [0.25, 0.3) is 0 Å². The molecule has 0 amide bonds. The summed E-state index contributed by atoms with van der Waals surface area (Å²) in [5, 5.41) is 6.96. The highest BCUT2D eigenvalue weighted by molar-refractivity contribution is 5.76. The third kappa shape index (κ3) is 2.73. The summed E-state index contributed by atoms with van der Waals surface area (Å²) in [5.74, 6) is -0.0969. The monoisotopic (exact) mass is 196 g/mol. The molecular formula is C10H13FN2O. The maximum absolute atomic E-state index is 13.3. The van der Waals surface area contributed by atoms with Crippen LogP contribution in [0, 0.1) is 18.2 Å². The summed E-state index contributed by atoms with van der Waals surface area (Å²) in [6, 6.07) is 4.96. The largest absolute Gasteiger partial charge is 0.490 e. The second-order valence-electron chi connectivity index (χ2n) is 3.01. The topological polar surface area (TPSA) is 59.1 Å². The van der Waals surface area contributed by atoms with Gasteiger partial charge < -0.3 is 10.5 Å². The Labute approximate surface area is 82.2 Å². The van der Waals surface area contributed by atoms with E-state index in [0.29, 0.717) is 12.0 Å². The lowest BCUT2D eigenvalue weighted by atomic mass is 10.2. The average Bonchev–Trinajstić information content (AvgIpc) is 2.12. The fourth-order valence-electron chi connectivity index (χ4n) is 1.00. The molecule has 0 aliphatic rings. The molecule has 0 atom stereocenters. The zero-order chi connectivity index (χ0) is 10.6. The second kappa shape index (κ2) is 4.60. The van der Waals surface area contributed by atoms with Crippen molar-refractivity contribution in [1.29, 1.82) is 5.41 Å². The Morgan fingerprint density at radius 2 is 2.29 bits per heavy atom. The molecule has 0 aliphatic heterocycles. The summed E-state index contributed by atoms with van der Waals surface area (Å²) in [6.07, 6.45) is 0.313. The van der Waals surface area contributed by atoms with E-state index in [9.17, 15) is 4.39 Å². The molecular weight excluding hydrogens is 183 g/mol. The zero-order valence-corrected chi connectivity index (χ0v) is 8.01. The van der Waals surface area contributed by atoms with Crippen molar-refractivity contribution >= 4 is 5.84 Å². The molecule has 3 nitrogen and oxygen atoms in total. The van der Waals surface area contributed by atoms with Gasteiger partial charge in [0.1, 0.15) is 0 Å². The van der Waals surface area contributed by atoms with Gasteiger partial charge in [0, 0.05) is 6.42 Å². The van der Waals surface area contributed by atoms with E-state index in [2.05, 4.69) is 0 Å². The van der Waals surface area contributed by atoms with E-state index in [1.54, 1.807) is 25.1 Å². The lowest BCUT2D eigenvalue weighted by Crippen LogP contribution is -2.14. The van der Waals surface area contributed by atoms with Crippen LogP contribution in [-0.2, 0) is 0 Å². The average molecular weight is 196 g/mol. The van der Waals surface area contributed by atoms with E-state index in [1.165, 1.54) is 0 Å². The van der Waals surface area contributed by atoms with E-state index in [0.717, 1.165) is 0 Å². The van der Waals surface area contributed by atoms with E-state index >= 15 is 0 Å². The van der Waals surface area contributed by atoms with E-state index in [1.807, 2.05) is 0 Å². The summed E-state index contributed by atoms with van der Waals surface area (Å²) in [6.45, 7) is 1.91. The van der Waals surface area contributed by atoms with Crippen molar-refractivity contribution in [2.24, 2.45) is 5.73 Å². The second-order valence-corrected chi connectivity index (χ2v) is 3.01. The molecule has 0 aliphatic carbocycles. The quantitative estimate of drug-likeness (QED) is 0.570. The molecule has 14 heavy (non-hydrogen) atoms. The number of ether oxygens (including phenoxy) is 1. The predicted octanol–water partition coefficient (Wildman–Crippen LogP) is 1.84. The Bertz CT molecular complexity index is 339. The molecule has 0 saturated heterocycles. The molecule has 0 radical (unpaired) electrons. The molecule has 3 N–H and O–H groups in total. The highest BCUT2D eigenvalue weighted by Gasteiger charge is 2.05. The van der Waals surface area contributed by atoms with Gasteiger partial charge in [0.2, 0.25) is 0 Å². The molecule has 0 saturated carbocycles. The van der Waals surface area contributed by atoms with E-state index in [-0.39, 0.29) is 24.0 Å². The van der Waals surface area contributed by atoms with Crippen molar-refractivity contribution in [3.8, 4) is 5.75 Å². The number of hydrogen-bond donors (Lipinski definition) is 2. The Balaban J connectivity index is 2.59. The first-order valence-electron chi connectivity index (χ1n) is 4.32. The van der Waals surface area contributed by atoms with Crippen LogP contribution in [0.5, 0.6) is 5.75 Å². The van der Waals surface area contributed by atoms with Crippen molar-refractivity contribution in [2.45, 2.75) is 13.3 Å². The van der Waals surface area contributed by atoms with Crippen molar-refractivity contribution in [3.63, 3.8) is 0 Å². The van der Waals surface area contributed by atoms with Gasteiger partial charge in [-0.3, -0.25) is 5.41 Å². The Morgan fingerprint density at radius 1 is 1.57 bits per heavy atom. The Hall–Kier alpha value is -1.58. The van der Waals surface area contributed by atoms with Gasteiger partial charge in [-0.15, -0.1) is 0 Å². The molecule has 0 heterocycles. The maximum atomic E-state index is 13.3. The minimum atomic E-state index is -0.351. The number of halogens is 1. The highest BCUT2D eigenvalue weighted by Crippen LogP contribution is 2.19. The van der Waals surface area contributed by atoms with Crippen LogP contribution in [-0.4, -0.2) is 12.4 Å². The summed E-state index contributed by atoms with van der Waals surface area (Å²) < 4.78 is 18.4. The summed E-state index contributed by atoms with van der Waals surface area (Å²) in [4.78, 5) is 0. The van der Waals surface area contributed by atoms with Crippen molar-refractivity contribution in [3.05, 3.63) is 29.6 Å². The van der Waals surface area contributed by atoms with Gasteiger partial charge in [-0.2, -0.15) is 0 Å². The van der Waals surface area contributed by atoms with Gasteiger partial charge in [0.25, 0.3) is 0 Å². The molecule has 1 aromatic carbocycles. The molecule has 0 unspecified atom stereocenters. The van der Waals surface area contributed by atoms with Gasteiger partial charge in [-0.1, -0.05) is 12.1 Å². The van der Waals surface area contributed by atoms with Gasteiger partial charge in [-0.05, 0) is 18.6 Å². The maximum Gasteiger partial charge on any atom is 0.167 e. The molecule has 76 valence electrons. The number of amidine groups is 1. The van der Waals surface area contributed by atoms with Crippen LogP contribution < -0.4 is 10.5 Å². The zero-order valence-electron chi connectivity index (χ0n) is 8.01.